The lowest BCUT2D eigenvalue weighted by atomic mass is 10.1. The Morgan fingerprint density at radius 1 is 1.27 bits per heavy atom. The molecule has 1 unspecified atom stereocenters. The SMILES string of the molecule is CC(N)(CS)C(=O)O.O=C(O)C(F)(F)F. The van der Waals surface area contributed by atoms with E-state index in [4.69, 9.17) is 20.7 Å². The number of carboxylic acid groups (broad SMARTS) is 2. The average molecular weight is 249 g/mol. The molecule has 9 heteroatoms. The van der Waals surface area contributed by atoms with Crippen molar-refractivity contribution in [3.63, 3.8) is 0 Å². The van der Waals surface area contributed by atoms with Gasteiger partial charge >= 0.3 is 18.1 Å². The fraction of sp³-hybridized carbons (Fsp3) is 0.667. The van der Waals surface area contributed by atoms with Gasteiger partial charge in [0.1, 0.15) is 5.54 Å². The number of alkyl halides is 3. The van der Waals surface area contributed by atoms with Gasteiger partial charge < -0.3 is 15.9 Å². The van der Waals surface area contributed by atoms with Gasteiger partial charge in [0.15, 0.2) is 0 Å². The van der Waals surface area contributed by atoms with Gasteiger partial charge in [-0.3, -0.25) is 4.79 Å². The molecule has 5 nitrogen and oxygen atoms in total. The Kier molecular flexibility index (Phi) is 6.38. The molecular formula is C6H10F3NO4S. The maximum absolute atomic E-state index is 10.6. The first-order chi connectivity index (χ1) is 6.45. The van der Waals surface area contributed by atoms with E-state index in [1.54, 1.807) is 0 Å². The monoisotopic (exact) mass is 249 g/mol. The van der Waals surface area contributed by atoms with Crippen molar-refractivity contribution in [2.24, 2.45) is 5.73 Å². The second kappa shape index (κ2) is 5.81. The maximum Gasteiger partial charge on any atom is 0.490 e. The van der Waals surface area contributed by atoms with E-state index in [2.05, 4.69) is 12.6 Å². The van der Waals surface area contributed by atoms with E-state index < -0.39 is 23.7 Å². The minimum Gasteiger partial charge on any atom is -0.480 e. The first-order valence-corrected chi connectivity index (χ1v) is 4.01. The Bertz CT molecular complexity index is 241. The molecule has 0 heterocycles. The van der Waals surface area contributed by atoms with Gasteiger partial charge in [-0.2, -0.15) is 25.8 Å². The number of aliphatic carboxylic acids is 2. The Hall–Kier alpha value is -0.960. The highest BCUT2D eigenvalue weighted by molar-refractivity contribution is 7.80. The van der Waals surface area contributed by atoms with Gasteiger partial charge in [-0.1, -0.05) is 0 Å². The normalized spacial score (nSPS) is 14.5. The van der Waals surface area contributed by atoms with Crippen molar-refractivity contribution >= 4 is 24.6 Å². The van der Waals surface area contributed by atoms with E-state index in [1.165, 1.54) is 6.92 Å². The van der Waals surface area contributed by atoms with Gasteiger partial charge in [0.2, 0.25) is 0 Å². The van der Waals surface area contributed by atoms with Crippen molar-refractivity contribution in [2.45, 2.75) is 18.6 Å². The number of hydrogen-bond donors (Lipinski definition) is 4. The van der Waals surface area contributed by atoms with Crippen LogP contribution in [0.25, 0.3) is 0 Å². The highest BCUT2D eigenvalue weighted by atomic mass is 32.1. The van der Waals surface area contributed by atoms with Crippen molar-refractivity contribution in [3.8, 4) is 0 Å². The van der Waals surface area contributed by atoms with Crippen LogP contribution in [-0.2, 0) is 9.59 Å². The first kappa shape index (κ1) is 16.5. The Balaban J connectivity index is 0. The molecule has 0 fully saturated rings. The van der Waals surface area contributed by atoms with Gasteiger partial charge in [-0.25, -0.2) is 4.79 Å². The largest absolute Gasteiger partial charge is 0.490 e. The highest BCUT2D eigenvalue weighted by Gasteiger charge is 2.38. The standard InChI is InChI=1S/C4H9NO2S.C2HF3O2/c1-4(5,2-8)3(6)7;3-2(4,5)1(6)7/h8H,2,5H2,1H3,(H,6,7);(H,6,7). The molecule has 0 aromatic heterocycles. The number of nitrogens with two attached hydrogens (primary N) is 1. The molecule has 0 rings (SSSR count). The van der Waals surface area contributed by atoms with Crippen LogP contribution in [0.3, 0.4) is 0 Å². The second-order valence-corrected chi connectivity index (χ2v) is 3.00. The number of thiol groups is 1. The summed E-state index contributed by atoms with van der Waals surface area (Å²) in [6.45, 7) is 1.42. The van der Waals surface area contributed by atoms with Crippen molar-refractivity contribution in [1.29, 1.82) is 0 Å². The summed E-state index contributed by atoms with van der Waals surface area (Å²) in [5, 5.41) is 15.4. The smallest absolute Gasteiger partial charge is 0.480 e. The van der Waals surface area contributed by atoms with E-state index in [0.29, 0.717) is 0 Å². The van der Waals surface area contributed by atoms with Crippen molar-refractivity contribution in [3.05, 3.63) is 0 Å². The zero-order chi connectivity index (χ0) is 12.9. The molecule has 4 N–H and O–H groups in total. The van der Waals surface area contributed by atoms with Crippen molar-refractivity contribution < 1.29 is 33.0 Å². The molecule has 0 radical (unpaired) electrons. The summed E-state index contributed by atoms with van der Waals surface area (Å²) < 4.78 is 31.7. The maximum atomic E-state index is 10.6. The molecule has 0 bridgehead atoms. The Labute approximate surface area is 88.5 Å². The molecule has 0 saturated heterocycles. The number of rotatable bonds is 2. The fourth-order valence-corrected chi connectivity index (χ4v) is 0.203. The molecule has 90 valence electrons. The molecule has 0 aromatic rings. The quantitative estimate of drug-likeness (QED) is 0.529. The summed E-state index contributed by atoms with van der Waals surface area (Å²) in [5.74, 6) is -3.62. The molecule has 1 atom stereocenters. The summed E-state index contributed by atoms with van der Waals surface area (Å²) in [4.78, 5) is 19.0. The zero-order valence-corrected chi connectivity index (χ0v) is 8.47. The van der Waals surface area contributed by atoms with Crippen LogP contribution in [-0.4, -0.2) is 39.6 Å². The predicted molar refractivity (Wildman–Crippen MR) is 47.8 cm³/mol. The van der Waals surface area contributed by atoms with Crippen molar-refractivity contribution in [1.82, 2.24) is 0 Å². The Morgan fingerprint density at radius 3 is 1.53 bits per heavy atom. The molecular weight excluding hydrogens is 239 g/mol. The van der Waals surface area contributed by atoms with Gasteiger partial charge in [0.05, 0.1) is 0 Å². The molecule has 0 aromatic carbocycles. The number of carbonyl (C=O) groups is 2. The van der Waals surface area contributed by atoms with E-state index in [9.17, 15) is 18.0 Å². The van der Waals surface area contributed by atoms with Crippen LogP contribution in [0.5, 0.6) is 0 Å². The molecule has 0 aliphatic heterocycles. The third-order valence-corrected chi connectivity index (χ3v) is 1.72. The molecule has 0 aliphatic rings. The summed E-state index contributed by atoms with van der Waals surface area (Å²) in [7, 11) is 0. The second-order valence-electron chi connectivity index (χ2n) is 2.68. The molecule has 0 amide bonds. The third kappa shape index (κ3) is 8.06. The van der Waals surface area contributed by atoms with Crippen LogP contribution in [0.2, 0.25) is 0 Å². The van der Waals surface area contributed by atoms with Crippen LogP contribution in [0.1, 0.15) is 6.92 Å². The van der Waals surface area contributed by atoms with E-state index in [-0.39, 0.29) is 5.75 Å². The highest BCUT2D eigenvalue weighted by Crippen LogP contribution is 2.13. The molecule has 15 heavy (non-hydrogen) atoms. The van der Waals surface area contributed by atoms with E-state index in [1.807, 2.05) is 0 Å². The lowest BCUT2D eigenvalue weighted by molar-refractivity contribution is -0.192. The third-order valence-electron chi connectivity index (χ3n) is 1.06. The molecule has 0 saturated carbocycles. The Morgan fingerprint density at radius 2 is 1.53 bits per heavy atom. The minimum absolute atomic E-state index is 0.155. The van der Waals surface area contributed by atoms with Crippen molar-refractivity contribution in [2.75, 3.05) is 5.75 Å². The first-order valence-electron chi connectivity index (χ1n) is 3.38. The summed E-state index contributed by atoms with van der Waals surface area (Å²) in [6.07, 6.45) is -5.08. The minimum atomic E-state index is -5.08. The van der Waals surface area contributed by atoms with Crippen LogP contribution in [0.4, 0.5) is 13.2 Å². The van der Waals surface area contributed by atoms with Crippen LogP contribution in [0, 0.1) is 0 Å². The van der Waals surface area contributed by atoms with E-state index in [0.717, 1.165) is 0 Å². The van der Waals surface area contributed by atoms with Gasteiger partial charge in [-0.05, 0) is 6.92 Å². The van der Waals surface area contributed by atoms with Gasteiger partial charge in [-0.15, -0.1) is 0 Å². The van der Waals surface area contributed by atoms with Crippen LogP contribution < -0.4 is 5.73 Å². The fourth-order valence-electron chi connectivity index (χ4n) is 0.0676. The summed E-state index contributed by atoms with van der Waals surface area (Å²) in [5.41, 5.74) is 4.01. The van der Waals surface area contributed by atoms with Crippen LogP contribution >= 0.6 is 12.6 Å². The van der Waals surface area contributed by atoms with Gasteiger partial charge in [0, 0.05) is 5.75 Å². The predicted octanol–water partition coefficient (Wildman–Crippen LogP) is 0.351. The lowest BCUT2D eigenvalue weighted by Crippen LogP contribution is -2.46. The number of carboxylic acids is 2. The van der Waals surface area contributed by atoms with Crippen LogP contribution in [0.15, 0.2) is 0 Å². The average Bonchev–Trinajstić information content (AvgIpc) is 2.03. The lowest BCUT2D eigenvalue weighted by Gasteiger charge is -2.14. The zero-order valence-electron chi connectivity index (χ0n) is 7.58. The number of hydrogen-bond acceptors (Lipinski definition) is 4. The summed E-state index contributed by atoms with van der Waals surface area (Å²) in [6, 6.07) is 0. The summed E-state index contributed by atoms with van der Waals surface area (Å²) >= 11 is 3.73. The molecule has 0 spiro atoms. The van der Waals surface area contributed by atoms with E-state index >= 15 is 0 Å². The topological polar surface area (TPSA) is 101 Å². The number of halogens is 3. The molecule has 0 aliphatic carbocycles. The van der Waals surface area contributed by atoms with Gasteiger partial charge in [0.25, 0.3) is 0 Å².